The van der Waals surface area contributed by atoms with Gasteiger partial charge in [-0.05, 0) is 11.3 Å². The third-order valence-corrected chi connectivity index (χ3v) is 3.07. The Bertz CT molecular complexity index is 139. The van der Waals surface area contributed by atoms with E-state index in [4.69, 9.17) is 20.4 Å². The van der Waals surface area contributed by atoms with Crippen LogP contribution in [-0.2, 0) is 0 Å². The van der Waals surface area contributed by atoms with Gasteiger partial charge < -0.3 is 20.4 Å². The molecule has 0 bridgehead atoms. The Morgan fingerprint density at radius 3 is 0.938 bits per heavy atom. The predicted octanol–water partition coefficient (Wildman–Crippen LogP) is 0.630. The van der Waals surface area contributed by atoms with Crippen molar-refractivity contribution in [2.45, 2.75) is 34.6 Å². The van der Waals surface area contributed by atoms with E-state index in [0.717, 1.165) is 5.92 Å². The van der Waals surface area contributed by atoms with E-state index in [1.807, 2.05) is 0 Å². The van der Waals surface area contributed by atoms with Crippen molar-refractivity contribution >= 4 is 0 Å². The molecule has 4 heteroatoms. The number of aliphatic hydroxyl groups excluding tert-OH is 4. The van der Waals surface area contributed by atoms with Crippen molar-refractivity contribution in [2.75, 3.05) is 26.4 Å². The molecule has 0 spiro atoms. The molecule has 0 atom stereocenters. The van der Waals surface area contributed by atoms with E-state index in [9.17, 15) is 0 Å². The molecule has 0 aliphatic rings. The lowest BCUT2D eigenvalue weighted by atomic mass is 9.84. The van der Waals surface area contributed by atoms with Gasteiger partial charge in [0.25, 0.3) is 0 Å². The van der Waals surface area contributed by atoms with Gasteiger partial charge in [-0.1, -0.05) is 34.6 Å². The fourth-order valence-corrected chi connectivity index (χ4v) is 0.300. The van der Waals surface area contributed by atoms with E-state index in [1.165, 1.54) is 0 Å². The van der Waals surface area contributed by atoms with Crippen molar-refractivity contribution in [3.63, 3.8) is 0 Å². The van der Waals surface area contributed by atoms with Crippen LogP contribution < -0.4 is 0 Å². The van der Waals surface area contributed by atoms with Crippen molar-refractivity contribution in [3.8, 4) is 0 Å². The molecule has 0 radical (unpaired) electrons. The first kappa shape index (κ1) is 18.2. The normalized spacial score (nSPS) is 12.4. The zero-order valence-electron chi connectivity index (χ0n) is 11.2. The summed E-state index contributed by atoms with van der Waals surface area (Å²) in [7, 11) is 0. The predicted molar refractivity (Wildman–Crippen MR) is 65.1 cm³/mol. The first-order valence-corrected chi connectivity index (χ1v) is 5.62. The molecule has 0 aromatic carbocycles. The molecule has 0 rings (SSSR count). The Balaban J connectivity index is 0. The van der Waals surface area contributed by atoms with Crippen LogP contribution in [0.3, 0.4) is 0 Å². The fraction of sp³-hybridized carbons (Fsp3) is 1.00. The summed E-state index contributed by atoms with van der Waals surface area (Å²) in [6.45, 7) is 9.66. The van der Waals surface area contributed by atoms with Crippen LogP contribution in [0.5, 0.6) is 0 Å². The fourth-order valence-electron chi connectivity index (χ4n) is 0.300. The Labute approximate surface area is 98.9 Å². The number of hydrogen-bond acceptors (Lipinski definition) is 4. The van der Waals surface area contributed by atoms with Gasteiger partial charge in [-0.15, -0.1) is 0 Å². The minimum absolute atomic E-state index is 0.406. The van der Waals surface area contributed by atoms with Crippen LogP contribution in [0.25, 0.3) is 0 Å². The summed E-state index contributed by atoms with van der Waals surface area (Å²) < 4.78 is 0. The molecular formula is C12H28O4. The molecule has 0 aliphatic heterocycles. The van der Waals surface area contributed by atoms with Crippen molar-refractivity contribution in [3.05, 3.63) is 0 Å². The standard InChI is InChI=1S/C7H16.C5H12O4/c1-6(2)7(3,4)5;6-1-5(2-7,3-8)4-9/h6H,1-5H3;6-9H,1-4H2. The molecule has 0 aliphatic carbocycles. The second-order valence-electron chi connectivity index (χ2n) is 5.65. The maximum Gasteiger partial charge on any atom is 0.0627 e. The van der Waals surface area contributed by atoms with Crippen LogP contribution in [0.1, 0.15) is 34.6 Å². The summed E-state index contributed by atoms with van der Waals surface area (Å²) in [5, 5.41) is 34.0. The van der Waals surface area contributed by atoms with Crippen LogP contribution in [0.4, 0.5) is 0 Å². The molecular weight excluding hydrogens is 208 g/mol. The molecule has 0 heterocycles. The van der Waals surface area contributed by atoms with Gasteiger partial charge in [0.15, 0.2) is 0 Å². The smallest absolute Gasteiger partial charge is 0.0627 e. The highest BCUT2D eigenvalue weighted by atomic mass is 16.3. The molecule has 0 aromatic rings. The van der Waals surface area contributed by atoms with Gasteiger partial charge in [-0.25, -0.2) is 0 Å². The molecule has 4 N–H and O–H groups in total. The lowest BCUT2D eigenvalue weighted by Crippen LogP contribution is -2.37. The lowest BCUT2D eigenvalue weighted by molar-refractivity contribution is -0.0328. The molecule has 0 amide bonds. The Kier molecular flexibility index (Phi) is 9.12. The summed E-state index contributed by atoms with van der Waals surface area (Å²) >= 11 is 0. The summed E-state index contributed by atoms with van der Waals surface area (Å²) in [6, 6.07) is 0. The Hall–Kier alpha value is -0.160. The number of hydrogen-bond donors (Lipinski definition) is 4. The summed E-state index contributed by atoms with van der Waals surface area (Å²) in [4.78, 5) is 0. The van der Waals surface area contributed by atoms with E-state index in [-0.39, 0.29) is 0 Å². The van der Waals surface area contributed by atoms with Crippen LogP contribution >= 0.6 is 0 Å². The number of aliphatic hydroxyl groups is 4. The van der Waals surface area contributed by atoms with Crippen molar-refractivity contribution in [1.29, 1.82) is 0 Å². The molecule has 0 fully saturated rings. The van der Waals surface area contributed by atoms with Crippen LogP contribution in [0.2, 0.25) is 0 Å². The van der Waals surface area contributed by atoms with E-state index < -0.39 is 31.8 Å². The van der Waals surface area contributed by atoms with Gasteiger partial charge in [-0.3, -0.25) is 0 Å². The molecule has 4 nitrogen and oxygen atoms in total. The van der Waals surface area contributed by atoms with Gasteiger partial charge in [-0.2, -0.15) is 0 Å². The third kappa shape index (κ3) is 7.17. The Morgan fingerprint density at radius 2 is 0.938 bits per heavy atom. The highest BCUT2D eigenvalue weighted by Crippen LogP contribution is 2.23. The molecule has 0 saturated heterocycles. The highest BCUT2D eigenvalue weighted by Gasteiger charge is 2.26. The maximum absolute atomic E-state index is 8.50. The molecule has 0 unspecified atom stereocenters. The zero-order valence-corrected chi connectivity index (χ0v) is 11.2. The first-order valence-electron chi connectivity index (χ1n) is 5.62. The zero-order chi connectivity index (χ0) is 13.4. The first-order chi connectivity index (χ1) is 7.19. The minimum atomic E-state index is -1.11. The summed E-state index contributed by atoms with van der Waals surface area (Å²) in [6.07, 6.45) is 0. The average Bonchev–Trinajstić information content (AvgIpc) is 2.21. The van der Waals surface area contributed by atoms with Crippen LogP contribution in [0, 0.1) is 16.7 Å². The molecule has 0 aromatic heterocycles. The van der Waals surface area contributed by atoms with Crippen LogP contribution in [0.15, 0.2) is 0 Å². The van der Waals surface area contributed by atoms with E-state index >= 15 is 0 Å². The average molecular weight is 236 g/mol. The SMILES string of the molecule is CC(C)C(C)(C)C.OCC(CO)(CO)CO. The molecule has 16 heavy (non-hydrogen) atoms. The number of rotatable bonds is 4. The van der Waals surface area contributed by atoms with Gasteiger partial charge in [0, 0.05) is 0 Å². The summed E-state index contributed by atoms with van der Waals surface area (Å²) in [5.74, 6) is 0.799. The van der Waals surface area contributed by atoms with E-state index in [2.05, 4.69) is 34.6 Å². The van der Waals surface area contributed by atoms with Crippen molar-refractivity contribution in [2.24, 2.45) is 16.7 Å². The van der Waals surface area contributed by atoms with Crippen molar-refractivity contribution < 1.29 is 20.4 Å². The molecule has 100 valence electrons. The monoisotopic (exact) mass is 236 g/mol. The highest BCUT2D eigenvalue weighted by molar-refractivity contribution is 4.74. The van der Waals surface area contributed by atoms with Gasteiger partial charge >= 0.3 is 0 Å². The largest absolute Gasteiger partial charge is 0.396 e. The topological polar surface area (TPSA) is 80.9 Å². The lowest BCUT2D eigenvalue weighted by Gasteiger charge is -2.23. The van der Waals surface area contributed by atoms with E-state index in [0.29, 0.717) is 5.41 Å². The van der Waals surface area contributed by atoms with Gasteiger partial charge in [0.2, 0.25) is 0 Å². The molecule has 0 saturated carbocycles. The van der Waals surface area contributed by atoms with E-state index in [1.54, 1.807) is 0 Å². The van der Waals surface area contributed by atoms with Gasteiger partial charge in [0.05, 0.1) is 31.8 Å². The minimum Gasteiger partial charge on any atom is -0.396 e. The third-order valence-electron chi connectivity index (χ3n) is 3.07. The quantitative estimate of drug-likeness (QED) is 0.577. The Morgan fingerprint density at radius 1 is 0.750 bits per heavy atom. The summed E-state index contributed by atoms with van der Waals surface area (Å²) in [5.41, 5.74) is -0.611. The maximum atomic E-state index is 8.50. The van der Waals surface area contributed by atoms with Crippen LogP contribution in [-0.4, -0.2) is 46.9 Å². The second-order valence-corrected chi connectivity index (χ2v) is 5.65. The second kappa shape index (κ2) is 8.01. The van der Waals surface area contributed by atoms with Gasteiger partial charge in [0.1, 0.15) is 0 Å². The van der Waals surface area contributed by atoms with Crippen molar-refractivity contribution in [1.82, 2.24) is 0 Å².